The Bertz CT molecular complexity index is 1080. The number of aryl methyl sites for hydroxylation is 1. The first kappa shape index (κ1) is 22.7. The molecule has 1 aliphatic heterocycles. The molecule has 0 bridgehead atoms. The van der Waals surface area contributed by atoms with Crippen molar-refractivity contribution in [3.05, 3.63) is 71.3 Å². The van der Waals surface area contributed by atoms with Crippen molar-refractivity contribution >= 4 is 12.0 Å². The summed E-state index contributed by atoms with van der Waals surface area (Å²) in [7, 11) is 5.91. The zero-order valence-electron chi connectivity index (χ0n) is 19.7. The summed E-state index contributed by atoms with van der Waals surface area (Å²) in [6.45, 7) is 3.79. The van der Waals surface area contributed by atoms with Crippen LogP contribution in [-0.2, 0) is 26.6 Å². The van der Waals surface area contributed by atoms with Crippen molar-refractivity contribution in [1.29, 1.82) is 0 Å². The molecule has 1 aliphatic rings. The van der Waals surface area contributed by atoms with Crippen molar-refractivity contribution in [3.8, 4) is 0 Å². The molecule has 9 heteroatoms. The first-order chi connectivity index (χ1) is 15.9. The highest BCUT2D eigenvalue weighted by Gasteiger charge is 2.30. The fraction of sp³-hybridized carbons (Fsp3) is 0.417. The Hall–Kier alpha value is -3.46. The van der Waals surface area contributed by atoms with Crippen LogP contribution >= 0.6 is 0 Å². The number of carbonyl (C=O) groups is 1. The Morgan fingerprint density at radius 1 is 1.24 bits per heavy atom. The highest BCUT2D eigenvalue weighted by Crippen LogP contribution is 2.23. The molecular weight excluding hydrogens is 416 g/mol. The van der Waals surface area contributed by atoms with Gasteiger partial charge in [-0.1, -0.05) is 30.3 Å². The van der Waals surface area contributed by atoms with Gasteiger partial charge in [0.15, 0.2) is 0 Å². The zero-order chi connectivity index (χ0) is 23.4. The Morgan fingerprint density at radius 2 is 2.03 bits per heavy atom. The number of nitrogens with one attached hydrogen (secondary N) is 2. The van der Waals surface area contributed by atoms with Gasteiger partial charge in [-0.25, -0.2) is 14.8 Å². The monoisotopic (exact) mass is 448 g/mol. The topological polar surface area (TPSA) is 91.2 Å². The van der Waals surface area contributed by atoms with Crippen molar-refractivity contribution < 1.29 is 4.79 Å². The number of hydrogen-bond acceptors (Lipinski definition) is 6. The lowest BCUT2D eigenvalue weighted by Gasteiger charge is -2.35. The summed E-state index contributed by atoms with van der Waals surface area (Å²) in [4.78, 5) is 26.4. The summed E-state index contributed by atoms with van der Waals surface area (Å²) >= 11 is 0. The minimum atomic E-state index is -0.0942. The lowest BCUT2D eigenvalue weighted by molar-refractivity contribution is 0.161. The number of benzene rings is 1. The number of amides is 2. The van der Waals surface area contributed by atoms with Gasteiger partial charge in [0.1, 0.15) is 0 Å². The van der Waals surface area contributed by atoms with Gasteiger partial charge in [-0.2, -0.15) is 5.10 Å². The molecule has 0 aliphatic carbocycles. The molecule has 9 nitrogen and oxygen atoms in total. The van der Waals surface area contributed by atoms with Gasteiger partial charge in [0, 0.05) is 32.0 Å². The minimum Gasteiger partial charge on any atom is -0.348 e. The second-order valence-corrected chi connectivity index (χ2v) is 8.86. The molecule has 0 fully saturated rings. The molecule has 0 saturated carbocycles. The van der Waals surface area contributed by atoms with E-state index in [4.69, 9.17) is 4.98 Å². The van der Waals surface area contributed by atoms with E-state index < -0.39 is 0 Å². The highest BCUT2D eigenvalue weighted by atomic mass is 16.2. The van der Waals surface area contributed by atoms with E-state index in [1.807, 2.05) is 62.7 Å². The van der Waals surface area contributed by atoms with E-state index in [0.717, 1.165) is 35.5 Å². The van der Waals surface area contributed by atoms with Crippen LogP contribution in [0.15, 0.2) is 48.8 Å². The molecule has 174 valence electrons. The van der Waals surface area contributed by atoms with Crippen molar-refractivity contribution in [2.45, 2.75) is 38.5 Å². The number of likely N-dealkylation sites (N-methyl/N-ethyl adjacent to an activating group) is 1. The molecular formula is C24H32N8O. The van der Waals surface area contributed by atoms with Gasteiger partial charge in [0.2, 0.25) is 5.95 Å². The quantitative estimate of drug-likeness (QED) is 0.577. The van der Waals surface area contributed by atoms with Crippen molar-refractivity contribution in [2.24, 2.45) is 7.05 Å². The number of aromatic nitrogens is 4. The summed E-state index contributed by atoms with van der Waals surface area (Å²) in [5.41, 5.74) is 3.97. The van der Waals surface area contributed by atoms with Crippen LogP contribution in [0.25, 0.3) is 0 Å². The number of carbonyl (C=O) groups excluding carboxylic acids is 1. The maximum absolute atomic E-state index is 13.3. The van der Waals surface area contributed by atoms with Crippen LogP contribution < -0.4 is 10.6 Å². The van der Waals surface area contributed by atoms with Gasteiger partial charge in [0.25, 0.3) is 0 Å². The van der Waals surface area contributed by atoms with Gasteiger partial charge in [-0.3, -0.25) is 4.68 Å². The smallest absolute Gasteiger partial charge is 0.318 e. The van der Waals surface area contributed by atoms with Crippen LogP contribution in [0.4, 0.5) is 10.7 Å². The molecule has 0 unspecified atom stereocenters. The maximum atomic E-state index is 13.3. The number of urea groups is 1. The lowest BCUT2D eigenvalue weighted by atomic mass is 10.0. The molecule has 0 saturated heterocycles. The molecule has 3 heterocycles. The molecule has 2 atom stereocenters. The average molecular weight is 449 g/mol. The van der Waals surface area contributed by atoms with Gasteiger partial charge >= 0.3 is 6.03 Å². The summed E-state index contributed by atoms with van der Waals surface area (Å²) in [6, 6.07) is 11.9. The van der Waals surface area contributed by atoms with E-state index in [9.17, 15) is 4.79 Å². The van der Waals surface area contributed by atoms with E-state index in [1.165, 1.54) is 0 Å². The molecule has 2 N–H and O–H groups in total. The van der Waals surface area contributed by atoms with Crippen LogP contribution in [0.2, 0.25) is 0 Å². The molecule has 2 aromatic heterocycles. The number of anilines is 1. The molecule has 1 aromatic carbocycles. The van der Waals surface area contributed by atoms with Gasteiger partial charge in [-0.15, -0.1) is 0 Å². The van der Waals surface area contributed by atoms with Gasteiger partial charge in [0.05, 0.1) is 30.5 Å². The van der Waals surface area contributed by atoms with Crippen LogP contribution in [0.3, 0.4) is 0 Å². The van der Waals surface area contributed by atoms with Crippen molar-refractivity contribution in [2.75, 3.05) is 26.0 Å². The van der Waals surface area contributed by atoms with Crippen molar-refractivity contribution in [1.82, 2.24) is 34.9 Å². The van der Waals surface area contributed by atoms with E-state index in [1.54, 1.807) is 4.68 Å². The highest BCUT2D eigenvalue weighted by molar-refractivity contribution is 5.75. The average Bonchev–Trinajstić information content (AvgIpc) is 3.22. The second kappa shape index (κ2) is 9.99. The van der Waals surface area contributed by atoms with E-state index in [0.29, 0.717) is 19.0 Å². The van der Waals surface area contributed by atoms with Crippen LogP contribution in [0.5, 0.6) is 0 Å². The fourth-order valence-electron chi connectivity index (χ4n) is 4.10. The fourth-order valence-corrected chi connectivity index (χ4v) is 4.10. The van der Waals surface area contributed by atoms with Gasteiger partial charge in [-0.05, 0) is 44.6 Å². The number of nitrogens with zero attached hydrogens (tertiary/aromatic N) is 6. The van der Waals surface area contributed by atoms with E-state index >= 15 is 0 Å². The summed E-state index contributed by atoms with van der Waals surface area (Å²) in [6.07, 6.45) is 4.50. The Labute approximate surface area is 194 Å². The van der Waals surface area contributed by atoms with Gasteiger partial charge < -0.3 is 20.4 Å². The lowest BCUT2D eigenvalue weighted by Crippen LogP contribution is -2.50. The predicted molar refractivity (Wildman–Crippen MR) is 128 cm³/mol. The first-order valence-corrected chi connectivity index (χ1v) is 11.2. The molecule has 0 radical (unpaired) electrons. The third kappa shape index (κ3) is 5.67. The second-order valence-electron chi connectivity index (χ2n) is 8.86. The SMILES string of the molecule is C[C@@H]1Cc2cnc(NCc3ccn(C)n3)nc2CN1C(=O)N[C@@H](CN(C)C)c1ccccc1. The Kier molecular flexibility index (Phi) is 6.88. The normalized spacial score (nSPS) is 16.4. The van der Waals surface area contributed by atoms with Crippen LogP contribution in [0, 0.1) is 0 Å². The minimum absolute atomic E-state index is 0.0595. The summed E-state index contributed by atoms with van der Waals surface area (Å²) in [5.74, 6) is 0.545. The molecule has 4 rings (SSSR count). The Balaban J connectivity index is 1.45. The molecule has 3 aromatic rings. The number of rotatable bonds is 7. The van der Waals surface area contributed by atoms with Crippen LogP contribution in [0.1, 0.15) is 35.5 Å². The largest absolute Gasteiger partial charge is 0.348 e. The zero-order valence-corrected chi connectivity index (χ0v) is 19.7. The number of hydrogen-bond donors (Lipinski definition) is 2. The summed E-state index contributed by atoms with van der Waals surface area (Å²) < 4.78 is 1.77. The molecule has 33 heavy (non-hydrogen) atoms. The maximum Gasteiger partial charge on any atom is 0.318 e. The molecule has 2 amide bonds. The van der Waals surface area contributed by atoms with Crippen LogP contribution in [-0.4, -0.2) is 62.3 Å². The standard InChI is InChI=1S/C24H32N8O/c1-17-12-19-13-25-23(26-14-20-10-11-31(4)29-20)27-22(19)16-32(17)24(33)28-21(15-30(2)3)18-8-6-5-7-9-18/h5-11,13,17,21H,12,14-16H2,1-4H3,(H,28,33)(H,25,26,27)/t17-,21+/m1/s1. The molecule has 0 spiro atoms. The summed E-state index contributed by atoms with van der Waals surface area (Å²) in [5, 5.41) is 10.8. The third-order valence-corrected chi connectivity index (χ3v) is 5.83. The van der Waals surface area contributed by atoms with E-state index in [-0.39, 0.29) is 18.1 Å². The predicted octanol–water partition coefficient (Wildman–Crippen LogP) is 2.58. The third-order valence-electron chi connectivity index (χ3n) is 5.83. The van der Waals surface area contributed by atoms with E-state index in [2.05, 4.69) is 44.7 Å². The Morgan fingerprint density at radius 3 is 2.73 bits per heavy atom. The van der Waals surface area contributed by atoms with Crippen molar-refractivity contribution in [3.63, 3.8) is 0 Å². The number of fused-ring (bicyclic) bond motifs is 1. The first-order valence-electron chi connectivity index (χ1n) is 11.2.